The molecule has 3 aliphatic heterocycles. The predicted molar refractivity (Wildman–Crippen MR) is 115 cm³/mol. The minimum absolute atomic E-state index is 0.0307. The van der Waals surface area contributed by atoms with Gasteiger partial charge >= 0.3 is 0 Å². The van der Waals surface area contributed by atoms with Crippen LogP contribution in [0.3, 0.4) is 0 Å². The Hall–Kier alpha value is -2.86. The molecule has 1 N–H and O–H groups in total. The molecule has 2 atom stereocenters. The molecule has 3 heterocycles. The topological polar surface area (TPSA) is 61.9 Å². The molecule has 4 bridgehead atoms. The molecule has 0 saturated carbocycles. The summed E-state index contributed by atoms with van der Waals surface area (Å²) >= 11 is 0. The number of carbonyl (C=O) groups excluding carboxylic acids is 2. The molecule has 0 radical (unpaired) electrons. The van der Waals surface area contributed by atoms with Crippen LogP contribution in [0.5, 0.6) is 5.75 Å². The van der Waals surface area contributed by atoms with Crippen molar-refractivity contribution in [1.29, 1.82) is 0 Å². The van der Waals surface area contributed by atoms with Crippen LogP contribution in [0.4, 0.5) is 5.69 Å². The number of carbonyl (C=O) groups is 2. The molecule has 5 rings (SSSR count). The van der Waals surface area contributed by atoms with Gasteiger partial charge in [0.1, 0.15) is 12.3 Å². The summed E-state index contributed by atoms with van der Waals surface area (Å²) in [5, 5.41) is 2.93. The summed E-state index contributed by atoms with van der Waals surface area (Å²) in [5.41, 5.74) is 2.31. The van der Waals surface area contributed by atoms with Crippen molar-refractivity contribution < 1.29 is 14.3 Å². The molecule has 2 aromatic rings. The first kappa shape index (κ1) is 19.1. The molecule has 3 aliphatic rings. The fraction of sp³-hybridized carbons (Fsp3) is 0.417. The average molecular weight is 405 g/mol. The fourth-order valence-electron chi connectivity index (χ4n) is 5.41. The van der Waals surface area contributed by atoms with Crippen LogP contribution in [0.25, 0.3) is 0 Å². The Morgan fingerprint density at radius 2 is 2.03 bits per heavy atom. The lowest BCUT2D eigenvalue weighted by Crippen LogP contribution is -2.47. The number of fused-ring (bicyclic) bond motifs is 6. The van der Waals surface area contributed by atoms with Crippen LogP contribution in [0, 0.1) is 0 Å². The van der Waals surface area contributed by atoms with E-state index >= 15 is 0 Å². The zero-order valence-electron chi connectivity index (χ0n) is 17.3. The number of ether oxygens (including phenoxy) is 1. The second-order valence-corrected chi connectivity index (χ2v) is 8.29. The largest absolute Gasteiger partial charge is 0.494 e. The zero-order chi connectivity index (χ0) is 20.7. The van der Waals surface area contributed by atoms with Crippen molar-refractivity contribution in [1.82, 2.24) is 10.2 Å². The Balaban J connectivity index is 1.71. The Labute approximate surface area is 176 Å². The first-order valence-corrected chi connectivity index (χ1v) is 10.8. The van der Waals surface area contributed by atoms with Crippen LogP contribution in [-0.2, 0) is 15.0 Å². The molecule has 30 heavy (non-hydrogen) atoms. The maximum absolute atomic E-state index is 14.0. The lowest BCUT2D eigenvalue weighted by Gasteiger charge is -2.35. The number of nitrogens with one attached hydrogen (secondary N) is 1. The molecule has 2 amide bonds. The first-order chi connectivity index (χ1) is 14.6. The van der Waals surface area contributed by atoms with Gasteiger partial charge in [0.05, 0.1) is 18.1 Å². The lowest BCUT2D eigenvalue weighted by molar-refractivity contribution is -0.127. The quantitative estimate of drug-likeness (QED) is 0.792. The summed E-state index contributed by atoms with van der Waals surface area (Å²) in [7, 11) is 0. The minimum Gasteiger partial charge on any atom is -0.494 e. The lowest BCUT2D eigenvalue weighted by atomic mass is 9.72. The van der Waals surface area contributed by atoms with Crippen molar-refractivity contribution >= 4 is 17.5 Å². The van der Waals surface area contributed by atoms with Gasteiger partial charge in [0.15, 0.2) is 0 Å². The number of hydrogen-bond donors (Lipinski definition) is 1. The molecule has 0 unspecified atom stereocenters. The van der Waals surface area contributed by atoms with Gasteiger partial charge in [-0.25, -0.2) is 0 Å². The van der Waals surface area contributed by atoms with E-state index in [1.54, 1.807) is 4.90 Å². The number of hydrogen-bond acceptors (Lipinski definition) is 4. The molecule has 2 aromatic carbocycles. The van der Waals surface area contributed by atoms with E-state index in [4.69, 9.17) is 4.74 Å². The van der Waals surface area contributed by atoms with E-state index < -0.39 is 5.41 Å². The number of likely N-dealkylation sites (N-methyl/N-ethyl adjacent to an activating group) is 1. The van der Waals surface area contributed by atoms with Crippen molar-refractivity contribution in [2.75, 3.05) is 37.7 Å². The minimum atomic E-state index is -0.685. The number of rotatable bonds is 1. The van der Waals surface area contributed by atoms with Crippen molar-refractivity contribution in [3.05, 3.63) is 59.7 Å². The van der Waals surface area contributed by atoms with Crippen LogP contribution in [0.15, 0.2) is 48.5 Å². The highest BCUT2D eigenvalue weighted by Crippen LogP contribution is 2.56. The van der Waals surface area contributed by atoms with Crippen molar-refractivity contribution in [2.45, 2.75) is 31.2 Å². The van der Waals surface area contributed by atoms with Gasteiger partial charge in [-0.3, -0.25) is 14.5 Å². The van der Waals surface area contributed by atoms with Crippen molar-refractivity contribution in [3.8, 4) is 5.75 Å². The van der Waals surface area contributed by atoms with Crippen LogP contribution in [0.1, 0.15) is 36.9 Å². The highest BCUT2D eigenvalue weighted by Gasteiger charge is 2.60. The molecular formula is C24H27N3O3. The second-order valence-electron chi connectivity index (χ2n) is 8.29. The van der Waals surface area contributed by atoms with E-state index in [0.29, 0.717) is 13.2 Å². The molecule has 1 spiro atoms. The SMILES string of the molecule is CCN1CC[C@]23C(=O)N(CC(=O)NCCCOc4cccc(c4)[C@H]12)c1ccccc13. The Morgan fingerprint density at radius 1 is 1.17 bits per heavy atom. The van der Waals surface area contributed by atoms with Crippen molar-refractivity contribution in [3.63, 3.8) is 0 Å². The summed E-state index contributed by atoms with van der Waals surface area (Å²) in [6.07, 6.45) is 1.46. The molecule has 0 aromatic heterocycles. The summed E-state index contributed by atoms with van der Waals surface area (Å²) < 4.78 is 5.95. The Bertz CT molecular complexity index is 991. The highest BCUT2D eigenvalue weighted by molar-refractivity contribution is 6.11. The molecule has 1 saturated heterocycles. The average Bonchev–Trinajstić information content (AvgIpc) is 3.26. The van der Waals surface area contributed by atoms with E-state index in [1.165, 1.54) is 0 Å². The Morgan fingerprint density at radius 3 is 2.90 bits per heavy atom. The monoisotopic (exact) mass is 405 g/mol. The molecule has 1 fully saturated rings. The van der Waals surface area contributed by atoms with Crippen LogP contribution < -0.4 is 15.0 Å². The summed E-state index contributed by atoms with van der Waals surface area (Å²) in [5.74, 6) is 0.709. The summed E-state index contributed by atoms with van der Waals surface area (Å²) in [4.78, 5) is 30.7. The fourth-order valence-corrected chi connectivity index (χ4v) is 5.41. The molecule has 6 heteroatoms. The highest BCUT2D eigenvalue weighted by atomic mass is 16.5. The predicted octanol–water partition coefficient (Wildman–Crippen LogP) is 2.64. The van der Waals surface area contributed by atoms with Gasteiger partial charge in [0.25, 0.3) is 0 Å². The molecule has 156 valence electrons. The third-order valence-electron chi connectivity index (χ3n) is 6.72. The van der Waals surface area contributed by atoms with E-state index in [-0.39, 0.29) is 24.4 Å². The third-order valence-corrected chi connectivity index (χ3v) is 6.72. The van der Waals surface area contributed by atoms with Gasteiger partial charge in [-0.2, -0.15) is 0 Å². The van der Waals surface area contributed by atoms with Gasteiger partial charge in [-0.15, -0.1) is 0 Å². The number of nitrogens with zero attached hydrogens (tertiary/aromatic N) is 2. The zero-order valence-corrected chi connectivity index (χ0v) is 17.3. The number of amides is 2. The molecule has 0 aliphatic carbocycles. The molecular weight excluding hydrogens is 378 g/mol. The maximum atomic E-state index is 14.0. The van der Waals surface area contributed by atoms with Gasteiger partial charge < -0.3 is 15.0 Å². The van der Waals surface area contributed by atoms with Gasteiger partial charge in [-0.1, -0.05) is 37.3 Å². The maximum Gasteiger partial charge on any atom is 0.240 e. The third kappa shape index (κ3) is 2.82. The van der Waals surface area contributed by atoms with E-state index in [1.807, 2.05) is 30.3 Å². The van der Waals surface area contributed by atoms with Gasteiger partial charge in [0, 0.05) is 18.8 Å². The first-order valence-electron chi connectivity index (χ1n) is 10.8. The molecule has 6 nitrogen and oxygen atoms in total. The standard InChI is InChI=1S/C24H27N3O3/c1-2-26-13-11-24-19-9-3-4-10-20(19)27(23(24)29)16-21(28)25-12-6-14-30-18-8-5-7-17(15-18)22(24)26/h3-5,7-10,15,22H,2,6,11-14,16H2,1H3,(H,25,28)/t22-,24+/m0/s1. The van der Waals surface area contributed by atoms with E-state index in [9.17, 15) is 9.59 Å². The van der Waals surface area contributed by atoms with Crippen LogP contribution >= 0.6 is 0 Å². The smallest absolute Gasteiger partial charge is 0.240 e. The Kier molecular flexibility index (Phi) is 4.74. The summed E-state index contributed by atoms with van der Waals surface area (Å²) in [6, 6.07) is 16.1. The number of anilines is 1. The number of benzene rings is 2. The van der Waals surface area contributed by atoms with Gasteiger partial charge in [-0.05, 0) is 48.7 Å². The van der Waals surface area contributed by atoms with E-state index in [0.717, 1.165) is 48.5 Å². The normalized spacial score (nSPS) is 26.4. The van der Waals surface area contributed by atoms with Crippen LogP contribution in [0.2, 0.25) is 0 Å². The second kappa shape index (κ2) is 7.43. The van der Waals surface area contributed by atoms with Crippen LogP contribution in [-0.4, -0.2) is 49.5 Å². The van der Waals surface area contributed by atoms with Gasteiger partial charge in [0.2, 0.25) is 11.8 Å². The number of likely N-dealkylation sites (tertiary alicyclic amines) is 1. The number of para-hydroxylation sites is 1. The van der Waals surface area contributed by atoms with E-state index in [2.05, 4.69) is 35.3 Å². The van der Waals surface area contributed by atoms with Crippen molar-refractivity contribution in [2.24, 2.45) is 0 Å². The summed E-state index contributed by atoms with van der Waals surface area (Å²) in [6.45, 7) is 4.96.